The molecule has 2 amide bonds. The molecule has 0 radical (unpaired) electrons. The first-order valence-corrected chi connectivity index (χ1v) is 5.06. The zero-order valence-corrected chi connectivity index (χ0v) is 8.70. The third-order valence-corrected chi connectivity index (χ3v) is 2.84. The lowest BCUT2D eigenvalue weighted by atomic mass is 9.93. The summed E-state index contributed by atoms with van der Waals surface area (Å²) in [6, 6.07) is 9.28. The van der Waals surface area contributed by atoms with Gasteiger partial charge in [-0.25, -0.2) is 0 Å². The van der Waals surface area contributed by atoms with Gasteiger partial charge in [0.25, 0.3) is 11.8 Å². The molecule has 0 saturated carbocycles. The fourth-order valence-electron chi connectivity index (χ4n) is 2.18. The van der Waals surface area contributed by atoms with Crippen molar-refractivity contribution in [2.75, 3.05) is 0 Å². The largest absolute Gasteiger partial charge is 0.288 e. The smallest absolute Gasteiger partial charge is 0.258 e. The maximum absolute atomic E-state index is 11.7. The number of hydrogen-bond acceptors (Lipinski definition) is 2. The fraction of sp³-hybridized carbons (Fsp3) is 0.0769. The maximum atomic E-state index is 11.7. The molecule has 78 valence electrons. The van der Waals surface area contributed by atoms with Crippen LogP contribution in [0.2, 0.25) is 0 Å². The Morgan fingerprint density at radius 3 is 2.56 bits per heavy atom. The summed E-state index contributed by atoms with van der Waals surface area (Å²) in [6.07, 6.45) is 0. The van der Waals surface area contributed by atoms with Gasteiger partial charge in [-0.3, -0.25) is 14.9 Å². The molecule has 0 unspecified atom stereocenters. The van der Waals surface area contributed by atoms with Crippen LogP contribution in [0.25, 0.3) is 10.8 Å². The Morgan fingerprint density at radius 1 is 1.00 bits per heavy atom. The highest BCUT2D eigenvalue weighted by atomic mass is 16.2. The van der Waals surface area contributed by atoms with E-state index in [4.69, 9.17) is 0 Å². The van der Waals surface area contributed by atoms with E-state index in [1.807, 2.05) is 31.2 Å². The minimum Gasteiger partial charge on any atom is -0.288 e. The van der Waals surface area contributed by atoms with Gasteiger partial charge in [0, 0.05) is 16.5 Å². The Hall–Kier alpha value is -2.16. The molecule has 0 aromatic heterocycles. The molecule has 0 fully saturated rings. The number of benzene rings is 2. The number of amides is 2. The van der Waals surface area contributed by atoms with E-state index >= 15 is 0 Å². The topological polar surface area (TPSA) is 46.2 Å². The van der Waals surface area contributed by atoms with Gasteiger partial charge in [0.1, 0.15) is 0 Å². The fourth-order valence-corrected chi connectivity index (χ4v) is 2.18. The van der Waals surface area contributed by atoms with E-state index in [1.165, 1.54) is 0 Å². The van der Waals surface area contributed by atoms with Crippen molar-refractivity contribution in [2.45, 2.75) is 6.92 Å². The Balaban J connectivity index is 2.55. The molecular weight excluding hydrogens is 202 g/mol. The first-order chi connectivity index (χ1) is 7.66. The highest BCUT2D eigenvalue weighted by Crippen LogP contribution is 2.27. The lowest BCUT2D eigenvalue weighted by Crippen LogP contribution is -2.34. The Bertz CT molecular complexity index is 644. The summed E-state index contributed by atoms with van der Waals surface area (Å²) in [7, 11) is 0. The number of hydrogen-bond donors (Lipinski definition) is 1. The third-order valence-electron chi connectivity index (χ3n) is 2.84. The average molecular weight is 211 g/mol. The molecule has 16 heavy (non-hydrogen) atoms. The first-order valence-electron chi connectivity index (χ1n) is 5.06. The predicted octanol–water partition coefficient (Wildman–Crippen LogP) is 2.03. The number of aryl methyl sites for hydroxylation is 1. The predicted molar refractivity (Wildman–Crippen MR) is 60.5 cm³/mol. The van der Waals surface area contributed by atoms with Crippen molar-refractivity contribution >= 4 is 22.6 Å². The highest BCUT2D eigenvalue weighted by Gasteiger charge is 2.24. The van der Waals surface area contributed by atoms with Crippen LogP contribution in [0.5, 0.6) is 0 Å². The van der Waals surface area contributed by atoms with E-state index in [1.54, 1.807) is 6.07 Å². The first kappa shape index (κ1) is 9.09. The molecular formula is C13H9NO2. The van der Waals surface area contributed by atoms with Crippen LogP contribution in [0, 0.1) is 6.92 Å². The summed E-state index contributed by atoms with van der Waals surface area (Å²) in [6.45, 7) is 1.94. The van der Waals surface area contributed by atoms with Crippen molar-refractivity contribution < 1.29 is 9.59 Å². The third kappa shape index (κ3) is 1.08. The van der Waals surface area contributed by atoms with Crippen LogP contribution in [0.3, 0.4) is 0 Å². The van der Waals surface area contributed by atoms with E-state index in [-0.39, 0.29) is 11.8 Å². The van der Waals surface area contributed by atoms with Crippen molar-refractivity contribution in [2.24, 2.45) is 0 Å². The number of rotatable bonds is 0. The van der Waals surface area contributed by atoms with Crippen LogP contribution in [0.1, 0.15) is 26.3 Å². The Labute approximate surface area is 92.1 Å². The second-order valence-corrected chi connectivity index (χ2v) is 4.00. The van der Waals surface area contributed by atoms with Gasteiger partial charge >= 0.3 is 0 Å². The quantitative estimate of drug-likeness (QED) is 0.678. The van der Waals surface area contributed by atoms with Gasteiger partial charge in [0.2, 0.25) is 0 Å². The minimum atomic E-state index is -0.313. The molecule has 0 spiro atoms. The SMILES string of the molecule is Cc1cc2c3c(cccc3c1)C(=O)NC2=O. The van der Waals surface area contributed by atoms with Crippen molar-refractivity contribution in [3.05, 3.63) is 47.0 Å². The number of carbonyl (C=O) groups is 2. The maximum Gasteiger partial charge on any atom is 0.258 e. The molecule has 0 bridgehead atoms. The normalized spacial score (nSPS) is 14.1. The standard InChI is InChI=1S/C13H9NO2/c1-7-5-8-3-2-4-9-11(8)10(6-7)13(16)14-12(9)15/h2-6H,1H3,(H,14,15,16). The highest BCUT2D eigenvalue weighted by molar-refractivity contribution is 6.25. The van der Waals surface area contributed by atoms with Crippen LogP contribution in [-0.4, -0.2) is 11.8 Å². The van der Waals surface area contributed by atoms with E-state index in [2.05, 4.69) is 5.32 Å². The molecule has 1 aliphatic rings. The van der Waals surface area contributed by atoms with Gasteiger partial charge in [-0.15, -0.1) is 0 Å². The van der Waals surface area contributed by atoms with E-state index < -0.39 is 0 Å². The lowest BCUT2D eigenvalue weighted by Gasteiger charge is -2.16. The van der Waals surface area contributed by atoms with E-state index in [0.717, 1.165) is 16.3 Å². The van der Waals surface area contributed by atoms with Gasteiger partial charge in [-0.2, -0.15) is 0 Å². The zero-order chi connectivity index (χ0) is 11.3. The van der Waals surface area contributed by atoms with Crippen molar-refractivity contribution in [3.8, 4) is 0 Å². The summed E-state index contributed by atoms with van der Waals surface area (Å²) in [5, 5.41) is 4.05. The summed E-state index contributed by atoms with van der Waals surface area (Å²) in [5.74, 6) is -0.621. The minimum absolute atomic E-state index is 0.308. The van der Waals surface area contributed by atoms with E-state index in [0.29, 0.717) is 11.1 Å². The summed E-state index contributed by atoms with van der Waals surface area (Å²) in [5.41, 5.74) is 2.18. The molecule has 0 aliphatic carbocycles. The second-order valence-electron chi connectivity index (χ2n) is 4.00. The Kier molecular flexibility index (Phi) is 1.66. The molecule has 3 heteroatoms. The average Bonchev–Trinajstić information content (AvgIpc) is 2.25. The summed E-state index contributed by atoms with van der Waals surface area (Å²) >= 11 is 0. The molecule has 1 heterocycles. The van der Waals surface area contributed by atoms with Gasteiger partial charge in [-0.1, -0.05) is 18.2 Å². The summed E-state index contributed by atoms with van der Waals surface area (Å²) < 4.78 is 0. The van der Waals surface area contributed by atoms with Crippen LogP contribution < -0.4 is 5.32 Å². The van der Waals surface area contributed by atoms with Gasteiger partial charge < -0.3 is 0 Å². The van der Waals surface area contributed by atoms with Gasteiger partial charge in [0.15, 0.2) is 0 Å². The Morgan fingerprint density at radius 2 is 1.75 bits per heavy atom. The monoisotopic (exact) mass is 211 g/mol. The van der Waals surface area contributed by atoms with Gasteiger partial charge in [0.05, 0.1) is 0 Å². The van der Waals surface area contributed by atoms with Crippen LogP contribution in [-0.2, 0) is 0 Å². The van der Waals surface area contributed by atoms with Crippen molar-refractivity contribution in [1.29, 1.82) is 0 Å². The van der Waals surface area contributed by atoms with Crippen molar-refractivity contribution in [3.63, 3.8) is 0 Å². The van der Waals surface area contributed by atoms with Crippen LogP contribution >= 0.6 is 0 Å². The molecule has 1 N–H and O–H groups in total. The lowest BCUT2D eigenvalue weighted by molar-refractivity contribution is 0.0845. The molecule has 3 rings (SSSR count). The zero-order valence-electron chi connectivity index (χ0n) is 8.70. The van der Waals surface area contributed by atoms with Crippen LogP contribution in [0.15, 0.2) is 30.3 Å². The molecule has 0 atom stereocenters. The molecule has 2 aromatic carbocycles. The molecule has 0 saturated heterocycles. The van der Waals surface area contributed by atoms with Gasteiger partial charge in [-0.05, 0) is 30.0 Å². The van der Waals surface area contributed by atoms with Crippen LogP contribution in [0.4, 0.5) is 0 Å². The summed E-state index contributed by atoms with van der Waals surface area (Å²) in [4.78, 5) is 23.3. The second kappa shape index (κ2) is 2.92. The number of carbonyl (C=O) groups excluding carboxylic acids is 2. The van der Waals surface area contributed by atoms with E-state index in [9.17, 15) is 9.59 Å². The molecule has 1 aliphatic heterocycles. The molecule has 2 aromatic rings. The molecule has 3 nitrogen and oxygen atoms in total. The number of imide groups is 1. The number of nitrogens with one attached hydrogen (secondary N) is 1. The van der Waals surface area contributed by atoms with Crippen molar-refractivity contribution in [1.82, 2.24) is 5.32 Å².